The van der Waals surface area contributed by atoms with Crippen LogP contribution in [0.2, 0.25) is 0 Å². The Morgan fingerprint density at radius 1 is 0.966 bits per heavy atom. The molecule has 2 aromatic carbocycles. The molecular formula is C22H25IN4O2. The van der Waals surface area contributed by atoms with Gasteiger partial charge < -0.3 is 20.4 Å². The second-order valence-corrected chi connectivity index (χ2v) is 6.40. The summed E-state index contributed by atoms with van der Waals surface area (Å²) in [6.45, 7) is 3.41. The summed E-state index contributed by atoms with van der Waals surface area (Å²) >= 11 is 0. The third-order valence-corrected chi connectivity index (χ3v) is 4.18. The molecule has 3 N–H and O–H groups in total. The first kappa shape index (κ1) is 22.5. The van der Waals surface area contributed by atoms with Crippen LogP contribution in [0.4, 0.5) is 5.69 Å². The minimum absolute atomic E-state index is 0. The van der Waals surface area contributed by atoms with E-state index in [4.69, 9.17) is 4.42 Å². The zero-order chi connectivity index (χ0) is 19.8. The highest BCUT2D eigenvalue weighted by molar-refractivity contribution is 14.0. The summed E-state index contributed by atoms with van der Waals surface area (Å²) in [4.78, 5) is 16.2. The van der Waals surface area contributed by atoms with Crippen LogP contribution in [-0.2, 0) is 13.1 Å². The van der Waals surface area contributed by atoms with Crippen LogP contribution in [0.1, 0.15) is 27.2 Å². The van der Waals surface area contributed by atoms with Crippen LogP contribution < -0.4 is 16.0 Å². The van der Waals surface area contributed by atoms with Crippen molar-refractivity contribution < 1.29 is 9.21 Å². The molecule has 152 valence electrons. The van der Waals surface area contributed by atoms with Crippen molar-refractivity contribution in [2.24, 2.45) is 4.99 Å². The van der Waals surface area contributed by atoms with Crippen molar-refractivity contribution in [2.75, 3.05) is 12.4 Å². The number of carbonyl (C=O) groups excluding carboxylic acids is 1. The first-order chi connectivity index (χ1) is 13.6. The number of hydrogen-bond donors (Lipinski definition) is 3. The Bertz CT molecular complexity index is 938. The lowest BCUT2D eigenvalue weighted by Crippen LogP contribution is -2.36. The maximum atomic E-state index is 12.0. The Morgan fingerprint density at radius 3 is 2.31 bits per heavy atom. The van der Waals surface area contributed by atoms with Crippen molar-refractivity contribution in [3.05, 3.63) is 89.4 Å². The van der Waals surface area contributed by atoms with E-state index in [1.165, 1.54) is 17.4 Å². The number of nitrogens with zero attached hydrogens (tertiary/aromatic N) is 1. The van der Waals surface area contributed by atoms with E-state index in [1.807, 2.05) is 24.3 Å². The third-order valence-electron chi connectivity index (χ3n) is 4.18. The number of aryl methyl sites for hydroxylation is 1. The molecule has 0 radical (unpaired) electrons. The smallest absolute Gasteiger partial charge is 0.291 e. The molecule has 0 spiro atoms. The van der Waals surface area contributed by atoms with Gasteiger partial charge in [-0.2, -0.15) is 0 Å². The minimum Gasteiger partial charge on any atom is -0.459 e. The number of nitrogens with one attached hydrogen (secondary N) is 3. The molecule has 0 saturated carbocycles. The number of benzene rings is 2. The Hall–Kier alpha value is -2.81. The van der Waals surface area contributed by atoms with E-state index in [1.54, 1.807) is 19.2 Å². The average Bonchev–Trinajstić information content (AvgIpc) is 3.24. The van der Waals surface area contributed by atoms with Gasteiger partial charge in [-0.1, -0.05) is 42.0 Å². The largest absolute Gasteiger partial charge is 0.459 e. The first-order valence-electron chi connectivity index (χ1n) is 9.08. The van der Waals surface area contributed by atoms with E-state index in [0.29, 0.717) is 18.8 Å². The quantitative estimate of drug-likeness (QED) is 0.266. The Morgan fingerprint density at radius 2 is 1.69 bits per heavy atom. The van der Waals surface area contributed by atoms with E-state index in [0.717, 1.165) is 11.5 Å². The van der Waals surface area contributed by atoms with E-state index in [9.17, 15) is 4.79 Å². The number of hydrogen-bond acceptors (Lipinski definition) is 3. The van der Waals surface area contributed by atoms with Gasteiger partial charge in [0.25, 0.3) is 5.91 Å². The van der Waals surface area contributed by atoms with Crippen LogP contribution >= 0.6 is 24.0 Å². The molecule has 3 aromatic rings. The predicted octanol–water partition coefficient (Wildman–Crippen LogP) is 4.32. The zero-order valence-corrected chi connectivity index (χ0v) is 18.8. The van der Waals surface area contributed by atoms with Gasteiger partial charge in [0.1, 0.15) is 0 Å². The fourth-order valence-electron chi connectivity index (χ4n) is 2.72. The summed E-state index contributed by atoms with van der Waals surface area (Å²) in [7, 11) is 1.75. The molecule has 6 nitrogen and oxygen atoms in total. The molecule has 0 aliphatic rings. The SMILES string of the molecule is CN=C(NCc1ccc(NC(=O)c2ccco2)cc1)NCc1cccc(C)c1.I. The molecule has 0 saturated heterocycles. The van der Waals surface area contributed by atoms with Crippen molar-refractivity contribution in [1.29, 1.82) is 0 Å². The topological polar surface area (TPSA) is 78.7 Å². The highest BCUT2D eigenvalue weighted by Gasteiger charge is 2.08. The fourth-order valence-corrected chi connectivity index (χ4v) is 2.72. The molecule has 0 atom stereocenters. The molecule has 29 heavy (non-hydrogen) atoms. The van der Waals surface area contributed by atoms with Gasteiger partial charge in [-0.25, -0.2) is 0 Å². The van der Waals surface area contributed by atoms with Gasteiger partial charge in [0.15, 0.2) is 11.7 Å². The number of furan rings is 1. The summed E-state index contributed by atoms with van der Waals surface area (Å²) < 4.78 is 5.09. The number of amides is 1. The standard InChI is InChI=1S/C22H24N4O2.HI/c1-16-5-3-6-18(13-16)15-25-22(23-2)24-14-17-8-10-19(11-9-17)26-21(27)20-7-4-12-28-20;/h3-13H,14-15H2,1-2H3,(H,26,27)(H2,23,24,25);1H. The maximum absolute atomic E-state index is 12.0. The number of guanidine groups is 1. The second kappa shape index (κ2) is 11.3. The minimum atomic E-state index is -0.267. The lowest BCUT2D eigenvalue weighted by molar-refractivity contribution is 0.0996. The molecule has 1 heterocycles. The number of rotatable bonds is 6. The van der Waals surface area contributed by atoms with Crippen molar-refractivity contribution in [3.8, 4) is 0 Å². The lowest BCUT2D eigenvalue weighted by atomic mass is 10.1. The molecule has 0 aliphatic heterocycles. The first-order valence-corrected chi connectivity index (χ1v) is 9.08. The van der Waals surface area contributed by atoms with E-state index < -0.39 is 0 Å². The van der Waals surface area contributed by atoms with Gasteiger partial charge >= 0.3 is 0 Å². The monoisotopic (exact) mass is 504 g/mol. The Balaban J connectivity index is 0.00000300. The highest BCUT2D eigenvalue weighted by atomic mass is 127. The fraction of sp³-hybridized carbons (Fsp3) is 0.182. The summed E-state index contributed by atoms with van der Waals surface area (Å²) in [5.41, 5.74) is 4.24. The second-order valence-electron chi connectivity index (χ2n) is 6.40. The van der Waals surface area contributed by atoms with Gasteiger partial charge in [0.05, 0.1) is 6.26 Å². The van der Waals surface area contributed by atoms with Crippen LogP contribution in [0.15, 0.2) is 76.3 Å². The van der Waals surface area contributed by atoms with Crippen LogP contribution in [0.25, 0.3) is 0 Å². The predicted molar refractivity (Wildman–Crippen MR) is 127 cm³/mol. The molecule has 0 unspecified atom stereocenters. The molecular weight excluding hydrogens is 479 g/mol. The normalized spacial score (nSPS) is 10.8. The van der Waals surface area contributed by atoms with Crippen LogP contribution in [-0.4, -0.2) is 18.9 Å². The summed E-state index contributed by atoms with van der Waals surface area (Å²) in [5, 5.41) is 9.40. The Labute approximate surface area is 187 Å². The molecule has 1 aromatic heterocycles. The number of halogens is 1. The number of anilines is 1. The lowest BCUT2D eigenvalue weighted by Gasteiger charge is -2.13. The van der Waals surface area contributed by atoms with Crippen LogP contribution in [0.5, 0.6) is 0 Å². The zero-order valence-electron chi connectivity index (χ0n) is 16.4. The van der Waals surface area contributed by atoms with Gasteiger partial charge in [-0.15, -0.1) is 24.0 Å². The van der Waals surface area contributed by atoms with Crippen molar-refractivity contribution in [1.82, 2.24) is 10.6 Å². The molecule has 0 bridgehead atoms. The van der Waals surface area contributed by atoms with Crippen molar-refractivity contribution in [2.45, 2.75) is 20.0 Å². The van der Waals surface area contributed by atoms with Gasteiger partial charge in [0.2, 0.25) is 0 Å². The molecule has 7 heteroatoms. The Kier molecular flexibility index (Phi) is 8.72. The van der Waals surface area contributed by atoms with Crippen LogP contribution in [0.3, 0.4) is 0 Å². The van der Waals surface area contributed by atoms with Crippen molar-refractivity contribution >= 4 is 41.5 Å². The van der Waals surface area contributed by atoms with Gasteiger partial charge in [-0.05, 0) is 42.3 Å². The van der Waals surface area contributed by atoms with E-state index in [2.05, 4.69) is 52.1 Å². The summed E-state index contributed by atoms with van der Waals surface area (Å²) in [6, 6.07) is 19.3. The molecule has 0 aliphatic carbocycles. The van der Waals surface area contributed by atoms with Gasteiger partial charge in [-0.3, -0.25) is 9.79 Å². The van der Waals surface area contributed by atoms with Crippen molar-refractivity contribution in [3.63, 3.8) is 0 Å². The molecule has 0 fully saturated rings. The average molecular weight is 504 g/mol. The molecule has 3 rings (SSSR count). The van der Waals surface area contributed by atoms with E-state index in [-0.39, 0.29) is 35.6 Å². The molecule has 1 amide bonds. The third kappa shape index (κ3) is 6.94. The number of carbonyl (C=O) groups is 1. The maximum Gasteiger partial charge on any atom is 0.291 e. The summed E-state index contributed by atoms with van der Waals surface area (Å²) in [6.07, 6.45) is 1.48. The van der Waals surface area contributed by atoms with Gasteiger partial charge in [0, 0.05) is 25.8 Å². The summed E-state index contributed by atoms with van der Waals surface area (Å²) in [5.74, 6) is 0.752. The van der Waals surface area contributed by atoms with E-state index >= 15 is 0 Å². The van der Waals surface area contributed by atoms with Crippen LogP contribution in [0, 0.1) is 6.92 Å². The number of aliphatic imine (C=N–C) groups is 1. The highest BCUT2D eigenvalue weighted by Crippen LogP contribution is 2.12.